The van der Waals surface area contributed by atoms with Crippen molar-refractivity contribution >= 4 is 11.8 Å². The van der Waals surface area contributed by atoms with Crippen LogP contribution in [0.4, 0.5) is 0 Å². The fourth-order valence-electron chi connectivity index (χ4n) is 1.66. The monoisotopic (exact) mass is 203 g/mol. The molecule has 1 unspecified atom stereocenters. The SMILES string of the molecule is CSCCOCCC1CCCNC1. The molecule has 0 aromatic rings. The second-order valence-electron chi connectivity index (χ2n) is 3.61. The molecule has 1 heterocycles. The summed E-state index contributed by atoms with van der Waals surface area (Å²) in [6.45, 7) is 4.28. The van der Waals surface area contributed by atoms with Crippen molar-refractivity contribution in [1.82, 2.24) is 5.32 Å². The second kappa shape index (κ2) is 7.65. The minimum atomic E-state index is 0.864. The Bertz CT molecular complexity index is 115. The topological polar surface area (TPSA) is 21.3 Å². The Morgan fingerprint density at radius 1 is 1.46 bits per heavy atom. The van der Waals surface area contributed by atoms with Gasteiger partial charge in [-0.25, -0.2) is 0 Å². The van der Waals surface area contributed by atoms with Gasteiger partial charge >= 0.3 is 0 Å². The lowest BCUT2D eigenvalue weighted by Crippen LogP contribution is -2.30. The van der Waals surface area contributed by atoms with Crippen molar-refractivity contribution < 1.29 is 4.74 Å². The van der Waals surface area contributed by atoms with Gasteiger partial charge in [-0.1, -0.05) is 0 Å². The highest BCUT2D eigenvalue weighted by molar-refractivity contribution is 7.98. The van der Waals surface area contributed by atoms with Crippen molar-refractivity contribution in [1.29, 1.82) is 0 Å². The molecule has 0 aromatic carbocycles. The molecule has 3 heteroatoms. The fraction of sp³-hybridized carbons (Fsp3) is 1.00. The Balaban J connectivity index is 1.86. The first-order valence-electron chi connectivity index (χ1n) is 5.21. The Hall–Kier alpha value is 0.270. The van der Waals surface area contributed by atoms with Gasteiger partial charge in [-0.05, 0) is 44.5 Å². The first-order valence-corrected chi connectivity index (χ1v) is 6.60. The van der Waals surface area contributed by atoms with E-state index in [1.165, 1.54) is 32.4 Å². The van der Waals surface area contributed by atoms with E-state index in [4.69, 9.17) is 4.74 Å². The second-order valence-corrected chi connectivity index (χ2v) is 4.59. The Labute approximate surface area is 85.8 Å². The molecular weight excluding hydrogens is 182 g/mol. The van der Waals surface area contributed by atoms with Crippen LogP contribution in [0.3, 0.4) is 0 Å². The zero-order chi connectivity index (χ0) is 9.36. The number of hydrogen-bond donors (Lipinski definition) is 1. The van der Waals surface area contributed by atoms with Crippen molar-refractivity contribution in [2.45, 2.75) is 19.3 Å². The lowest BCUT2D eigenvalue weighted by molar-refractivity contribution is 0.129. The van der Waals surface area contributed by atoms with Crippen LogP contribution < -0.4 is 5.32 Å². The molecule has 0 aliphatic carbocycles. The number of piperidine rings is 1. The molecule has 1 aliphatic heterocycles. The van der Waals surface area contributed by atoms with Gasteiger partial charge < -0.3 is 10.1 Å². The Kier molecular flexibility index (Phi) is 6.68. The van der Waals surface area contributed by atoms with Crippen LogP contribution in [-0.2, 0) is 4.74 Å². The van der Waals surface area contributed by atoms with Crippen molar-refractivity contribution in [2.75, 3.05) is 38.3 Å². The average Bonchev–Trinajstić information content (AvgIpc) is 2.19. The summed E-state index contributed by atoms with van der Waals surface area (Å²) < 4.78 is 5.53. The third-order valence-electron chi connectivity index (χ3n) is 2.50. The molecule has 0 radical (unpaired) electrons. The third kappa shape index (κ3) is 5.55. The molecule has 1 aliphatic rings. The molecule has 0 aromatic heterocycles. The minimum Gasteiger partial charge on any atom is -0.381 e. The molecule has 78 valence electrons. The van der Waals surface area contributed by atoms with Gasteiger partial charge in [0, 0.05) is 12.4 Å². The molecular formula is C10H21NOS. The molecule has 0 saturated carbocycles. The largest absolute Gasteiger partial charge is 0.381 e. The van der Waals surface area contributed by atoms with E-state index in [-0.39, 0.29) is 0 Å². The molecule has 0 spiro atoms. The molecule has 0 amide bonds. The first-order chi connectivity index (χ1) is 6.43. The number of ether oxygens (including phenoxy) is 1. The van der Waals surface area contributed by atoms with Crippen molar-refractivity contribution in [3.8, 4) is 0 Å². The maximum absolute atomic E-state index is 5.53. The quantitative estimate of drug-likeness (QED) is 0.665. The van der Waals surface area contributed by atoms with Crippen LogP contribution in [0.1, 0.15) is 19.3 Å². The van der Waals surface area contributed by atoms with E-state index in [1.807, 2.05) is 11.8 Å². The average molecular weight is 203 g/mol. The van der Waals surface area contributed by atoms with Crippen molar-refractivity contribution in [3.05, 3.63) is 0 Å². The van der Waals surface area contributed by atoms with Crippen LogP contribution in [0.25, 0.3) is 0 Å². The van der Waals surface area contributed by atoms with Crippen LogP contribution in [0.15, 0.2) is 0 Å². The smallest absolute Gasteiger partial charge is 0.0556 e. The number of nitrogens with one attached hydrogen (secondary N) is 1. The molecule has 0 bridgehead atoms. The van der Waals surface area contributed by atoms with Crippen LogP contribution in [-0.4, -0.2) is 38.3 Å². The summed E-state index contributed by atoms with van der Waals surface area (Å²) >= 11 is 1.85. The van der Waals surface area contributed by atoms with E-state index in [2.05, 4.69) is 11.6 Å². The van der Waals surface area contributed by atoms with Gasteiger partial charge in [-0.3, -0.25) is 0 Å². The zero-order valence-corrected chi connectivity index (χ0v) is 9.37. The first kappa shape index (κ1) is 11.3. The zero-order valence-electron chi connectivity index (χ0n) is 8.55. The molecule has 13 heavy (non-hydrogen) atoms. The molecule has 1 rings (SSSR count). The highest BCUT2D eigenvalue weighted by Gasteiger charge is 2.11. The molecule has 1 N–H and O–H groups in total. The summed E-state index contributed by atoms with van der Waals surface area (Å²) in [7, 11) is 0. The van der Waals surface area contributed by atoms with E-state index in [0.29, 0.717) is 0 Å². The Morgan fingerprint density at radius 3 is 3.08 bits per heavy atom. The van der Waals surface area contributed by atoms with Gasteiger partial charge in [0.2, 0.25) is 0 Å². The molecule has 1 atom stereocenters. The maximum atomic E-state index is 5.53. The fourth-order valence-corrected chi connectivity index (χ4v) is 1.95. The number of rotatable bonds is 6. The van der Waals surface area contributed by atoms with E-state index >= 15 is 0 Å². The highest BCUT2D eigenvalue weighted by atomic mass is 32.2. The molecule has 1 fully saturated rings. The normalized spacial score (nSPS) is 23.3. The highest BCUT2D eigenvalue weighted by Crippen LogP contribution is 2.13. The predicted octanol–water partition coefficient (Wildman–Crippen LogP) is 1.76. The predicted molar refractivity (Wildman–Crippen MR) is 59.4 cm³/mol. The van der Waals surface area contributed by atoms with Gasteiger partial charge in [0.15, 0.2) is 0 Å². The summed E-state index contributed by atoms with van der Waals surface area (Å²) in [5, 5.41) is 3.43. The summed E-state index contributed by atoms with van der Waals surface area (Å²) in [6.07, 6.45) is 6.09. The van der Waals surface area contributed by atoms with Crippen molar-refractivity contribution in [3.63, 3.8) is 0 Å². The Morgan fingerprint density at radius 2 is 2.38 bits per heavy atom. The van der Waals surface area contributed by atoms with Crippen LogP contribution in [0.2, 0.25) is 0 Å². The van der Waals surface area contributed by atoms with Gasteiger partial charge in [0.25, 0.3) is 0 Å². The van der Waals surface area contributed by atoms with Gasteiger partial charge in [-0.15, -0.1) is 0 Å². The number of hydrogen-bond acceptors (Lipinski definition) is 3. The summed E-state index contributed by atoms with van der Waals surface area (Å²) in [6, 6.07) is 0. The van der Waals surface area contributed by atoms with Crippen LogP contribution in [0, 0.1) is 5.92 Å². The standard InChI is InChI=1S/C10H21NOS/c1-13-8-7-12-6-4-10-3-2-5-11-9-10/h10-11H,2-9H2,1H3. The van der Waals surface area contributed by atoms with E-state index in [0.717, 1.165) is 24.9 Å². The summed E-state index contributed by atoms with van der Waals surface area (Å²) in [5.74, 6) is 1.99. The van der Waals surface area contributed by atoms with Crippen LogP contribution in [0.5, 0.6) is 0 Å². The van der Waals surface area contributed by atoms with E-state index in [9.17, 15) is 0 Å². The third-order valence-corrected chi connectivity index (χ3v) is 3.08. The van der Waals surface area contributed by atoms with Gasteiger partial charge in [0.1, 0.15) is 0 Å². The number of thioether (sulfide) groups is 1. The van der Waals surface area contributed by atoms with Gasteiger partial charge in [-0.2, -0.15) is 11.8 Å². The van der Waals surface area contributed by atoms with Gasteiger partial charge in [0.05, 0.1) is 6.61 Å². The minimum absolute atomic E-state index is 0.864. The molecule has 2 nitrogen and oxygen atoms in total. The van der Waals surface area contributed by atoms with Crippen LogP contribution >= 0.6 is 11.8 Å². The lowest BCUT2D eigenvalue weighted by atomic mass is 9.97. The van der Waals surface area contributed by atoms with E-state index in [1.54, 1.807) is 0 Å². The summed E-state index contributed by atoms with van der Waals surface area (Å²) in [4.78, 5) is 0. The van der Waals surface area contributed by atoms with E-state index < -0.39 is 0 Å². The van der Waals surface area contributed by atoms with Crippen molar-refractivity contribution in [2.24, 2.45) is 5.92 Å². The summed E-state index contributed by atoms with van der Waals surface area (Å²) in [5.41, 5.74) is 0. The maximum Gasteiger partial charge on any atom is 0.0556 e. The molecule has 1 saturated heterocycles. The lowest BCUT2D eigenvalue weighted by Gasteiger charge is -2.22.